The van der Waals surface area contributed by atoms with Gasteiger partial charge in [-0.15, -0.1) is 0 Å². The van der Waals surface area contributed by atoms with Crippen molar-refractivity contribution in [2.45, 2.75) is 6.42 Å². The lowest BCUT2D eigenvalue weighted by Crippen LogP contribution is -2.15. The third-order valence-corrected chi connectivity index (χ3v) is 3.07. The van der Waals surface area contributed by atoms with Gasteiger partial charge >= 0.3 is 0 Å². The second-order valence-corrected chi connectivity index (χ2v) is 4.82. The number of hydrogen-bond donors (Lipinski definition) is 2. The number of carbonyl (C=O) groups is 1. The molecule has 1 amide bonds. The number of thiocarbonyl (C=S) groups is 1. The van der Waals surface area contributed by atoms with Crippen LogP contribution in [-0.4, -0.2) is 23.0 Å². The lowest BCUT2D eigenvalue weighted by Gasteiger charge is -2.06. The number of nitrogens with two attached hydrogens (primary N) is 1. The van der Waals surface area contributed by atoms with E-state index in [1.165, 1.54) is 7.11 Å². The van der Waals surface area contributed by atoms with Gasteiger partial charge in [0.25, 0.3) is 0 Å². The van der Waals surface area contributed by atoms with E-state index in [1.807, 2.05) is 12.1 Å². The van der Waals surface area contributed by atoms with Gasteiger partial charge in [0.05, 0.1) is 25.4 Å². The van der Waals surface area contributed by atoms with Crippen molar-refractivity contribution in [1.82, 2.24) is 4.98 Å². The van der Waals surface area contributed by atoms with Gasteiger partial charge in [0, 0.05) is 11.6 Å². The zero-order valence-electron chi connectivity index (χ0n) is 11.5. The van der Waals surface area contributed by atoms with E-state index in [1.54, 1.807) is 30.5 Å². The number of rotatable bonds is 5. The van der Waals surface area contributed by atoms with Crippen molar-refractivity contribution >= 4 is 28.8 Å². The molecule has 0 saturated heterocycles. The fourth-order valence-corrected chi connectivity index (χ4v) is 1.89. The largest absolute Gasteiger partial charge is 0.481 e. The molecule has 1 heterocycles. The standard InChI is InChI=1S/C15H15N3O2S/c1-20-14-7-6-12(9-17-14)18-13(19)8-10-2-4-11(5-3-10)15(16)21/h2-7,9H,8H2,1H3,(H2,16,21)(H,18,19). The zero-order chi connectivity index (χ0) is 15.2. The number of nitrogens with zero attached hydrogens (tertiary/aromatic N) is 1. The second-order valence-electron chi connectivity index (χ2n) is 4.38. The number of methoxy groups -OCH3 is 1. The van der Waals surface area contributed by atoms with Gasteiger partial charge in [-0.1, -0.05) is 36.5 Å². The van der Waals surface area contributed by atoms with Crippen molar-refractivity contribution in [3.05, 3.63) is 53.7 Å². The highest BCUT2D eigenvalue weighted by molar-refractivity contribution is 7.80. The molecule has 2 aromatic rings. The van der Waals surface area contributed by atoms with Gasteiger partial charge in [-0.3, -0.25) is 4.79 Å². The van der Waals surface area contributed by atoms with E-state index in [0.717, 1.165) is 11.1 Å². The Balaban J connectivity index is 1.95. The predicted octanol–water partition coefficient (Wildman–Crippen LogP) is 1.91. The van der Waals surface area contributed by atoms with E-state index >= 15 is 0 Å². The summed E-state index contributed by atoms with van der Waals surface area (Å²) < 4.78 is 4.96. The smallest absolute Gasteiger partial charge is 0.228 e. The maximum atomic E-state index is 11.9. The van der Waals surface area contributed by atoms with E-state index in [4.69, 9.17) is 22.7 Å². The number of aromatic nitrogens is 1. The van der Waals surface area contributed by atoms with Crippen LogP contribution in [0, 0.1) is 0 Å². The van der Waals surface area contributed by atoms with Crippen molar-refractivity contribution < 1.29 is 9.53 Å². The molecule has 1 aromatic heterocycles. The number of benzene rings is 1. The van der Waals surface area contributed by atoms with Crippen LogP contribution in [0.4, 0.5) is 5.69 Å². The Labute approximate surface area is 128 Å². The van der Waals surface area contributed by atoms with Crippen LogP contribution in [0.5, 0.6) is 5.88 Å². The molecular weight excluding hydrogens is 286 g/mol. The molecule has 0 bridgehead atoms. The normalized spacial score (nSPS) is 9.95. The molecule has 6 heteroatoms. The summed E-state index contributed by atoms with van der Waals surface area (Å²) in [5, 5.41) is 2.77. The molecule has 0 aliphatic heterocycles. The molecule has 1 aromatic carbocycles. The minimum absolute atomic E-state index is 0.120. The molecule has 0 spiro atoms. The summed E-state index contributed by atoms with van der Waals surface area (Å²) in [5.41, 5.74) is 7.82. The topological polar surface area (TPSA) is 77.2 Å². The van der Waals surface area contributed by atoms with Crippen LogP contribution in [0.3, 0.4) is 0 Å². The SMILES string of the molecule is COc1ccc(NC(=O)Cc2ccc(C(N)=S)cc2)cn1. The number of nitrogens with one attached hydrogen (secondary N) is 1. The summed E-state index contributed by atoms with van der Waals surface area (Å²) >= 11 is 4.88. The van der Waals surface area contributed by atoms with Gasteiger partial charge in [0.2, 0.25) is 11.8 Å². The van der Waals surface area contributed by atoms with Crippen LogP contribution in [0.1, 0.15) is 11.1 Å². The molecule has 0 unspecified atom stereocenters. The third kappa shape index (κ3) is 4.25. The van der Waals surface area contributed by atoms with Crippen molar-refractivity contribution in [2.75, 3.05) is 12.4 Å². The van der Waals surface area contributed by atoms with Gasteiger partial charge in [0.1, 0.15) is 4.99 Å². The number of hydrogen-bond acceptors (Lipinski definition) is 4. The maximum Gasteiger partial charge on any atom is 0.228 e. The number of pyridine rings is 1. The third-order valence-electron chi connectivity index (χ3n) is 2.83. The minimum Gasteiger partial charge on any atom is -0.481 e. The number of carbonyl (C=O) groups excluding carboxylic acids is 1. The van der Waals surface area contributed by atoms with Crippen molar-refractivity contribution in [1.29, 1.82) is 0 Å². The van der Waals surface area contributed by atoms with Crippen molar-refractivity contribution in [2.24, 2.45) is 5.73 Å². The predicted molar refractivity (Wildman–Crippen MR) is 85.5 cm³/mol. The summed E-state index contributed by atoms with van der Waals surface area (Å²) in [6, 6.07) is 10.7. The molecule has 0 saturated carbocycles. The van der Waals surface area contributed by atoms with Crippen molar-refractivity contribution in [3.8, 4) is 5.88 Å². The highest BCUT2D eigenvalue weighted by Gasteiger charge is 2.05. The average molecular weight is 301 g/mol. The lowest BCUT2D eigenvalue weighted by atomic mass is 10.1. The number of amides is 1. The summed E-state index contributed by atoms with van der Waals surface area (Å²) in [4.78, 5) is 16.3. The van der Waals surface area contributed by atoms with Gasteiger partial charge in [0.15, 0.2) is 0 Å². The van der Waals surface area contributed by atoms with Gasteiger partial charge < -0.3 is 15.8 Å². The van der Waals surface area contributed by atoms with Crippen molar-refractivity contribution in [3.63, 3.8) is 0 Å². The van der Waals surface area contributed by atoms with Crippen LogP contribution in [0.25, 0.3) is 0 Å². The Morgan fingerprint density at radius 1 is 1.29 bits per heavy atom. The molecule has 5 nitrogen and oxygen atoms in total. The first-order valence-electron chi connectivity index (χ1n) is 6.27. The Kier molecular flexibility index (Phi) is 4.84. The number of anilines is 1. The van der Waals surface area contributed by atoms with Crippen LogP contribution >= 0.6 is 12.2 Å². The Hall–Kier alpha value is -2.47. The maximum absolute atomic E-state index is 11.9. The van der Waals surface area contributed by atoms with Crippen LogP contribution < -0.4 is 15.8 Å². The van der Waals surface area contributed by atoms with Crippen LogP contribution in [0.15, 0.2) is 42.6 Å². The molecule has 0 aliphatic rings. The summed E-state index contributed by atoms with van der Waals surface area (Å²) in [6.07, 6.45) is 1.82. The van der Waals surface area contributed by atoms with Crippen LogP contribution in [0.2, 0.25) is 0 Å². The molecule has 108 valence electrons. The highest BCUT2D eigenvalue weighted by atomic mass is 32.1. The Bertz CT molecular complexity index is 639. The van der Waals surface area contributed by atoms with E-state index < -0.39 is 0 Å². The zero-order valence-corrected chi connectivity index (χ0v) is 12.3. The summed E-state index contributed by atoms with van der Waals surface area (Å²) in [6.45, 7) is 0. The quantitative estimate of drug-likeness (QED) is 0.825. The molecule has 0 radical (unpaired) electrons. The fraction of sp³-hybridized carbons (Fsp3) is 0.133. The van der Waals surface area contributed by atoms with E-state index in [-0.39, 0.29) is 12.3 Å². The van der Waals surface area contributed by atoms with E-state index in [9.17, 15) is 4.79 Å². The summed E-state index contributed by atoms with van der Waals surface area (Å²) in [5.74, 6) is 0.381. The van der Waals surface area contributed by atoms with E-state index in [2.05, 4.69) is 10.3 Å². The first-order chi connectivity index (χ1) is 10.1. The molecule has 21 heavy (non-hydrogen) atoms. The first kappa shape index (κ1) is 14.9. The Morgan fingerprint density at radius 3 is 2.52 bits per heavy atom. The molecule has 0 aliphatic carbocycles. The summed E-state index contributed by atoms with van der Waals surface area (Å²) in [7, 11) is 1.54. The second kappa shape index (κ2) is 6.81. The van der Waals surface area contributed by atoms with Gasteiger partial charge in [-0.05, 0) is 11.6 Å². The first-order valence-corrected chi connectivity index (χ1v) is 6.68. The number of ether oxygens (including phenoxy) is 1. The monoisotopic (exact) mass is 301 g/mol. The highest BCUT2D eigenvalue weighted by Crippen LogP contribution is 2.12. The molecule has 0 atom stereocenters. The van der Waals surface area contributed by atoms with Crippen LogP contribution in [-0.2, 0) is 11.2 Å². The lowest BCUT2D eigenvalue weighted by molar-refractivity contribution is -0.115. The van der Waals surface area contributed by atoms with Gasteiger partial charge in [-0.2, -0.15) is 0 Å². The van der Waals surface area contributed by atoms with Gasteiger partial charge in [-0.25, -0.2) is 4.98 Å². The molecular formula is C15H15N3O2S. The molecule has 3 N–H and O–H groups in total. The van der Waals surface area contributed by atoms with E-state index in [0.29, 0.717) is 16.6 Å². The fourth-order valence-electron chi connectivity index (χ4n) is 1.75. The minimum atomic E-state index is -0.120. The Morgan fingerprint density at radius 2 is 2.00 bits per heavy atom. The molecule has 2 rings (SSSR count). The molecule has 0 fully saturated rings. The average Bonchev–Trinajstić information content (AvgIpc) is 2.48.